The molecule has 0 radical (unpaired) electrons. The standard InChI is InChI=1S/C14H13NO2S.C8H10S.C6H4ClNO2.2CH4.I3.I2/c1-10-7-8-13(11(2)9-10)18-14-6-4-3-5-12(14)15(16)17;1-6-3-4-8(9)7(2)5-6;7-5-3-1-2-4-6(5)8(9)10;;;1-3-2;1-2/h3-9H,1-2H3;3-5,9H,1-2H3;1-4H;2*1H4;;/q;;;;;-1;. The number of halogens is 6. The molecule has 6 nitrogen and oxygen atoms in total. The number of benzene rings is 4. The fourth-order valence-corrected chi connectivity index (χ4v) is 4.46. The third-order valence-electron chi connectivity index (χ3n) is 5.01. The van der Waals surface area contributed by atoms with Crippen molar-refractivity contribution in [2.45, 2.75) is 57.2 Å². The molecule has 0 unspecified atom stereocenters. The van der Waals surface area contributed by atoms with E-state index < -0.39 is 4.92 Å². The Morgan fingerprint density at radius 2 is 1.14 bits per heavy atom. The molecule has 0 N–H and O–H groups in total. The van der Waals surface area contributed by atoms with E-state index in [-0.39, 0.29) is 36.2 Å². The first-order chi connectivity index (χ1) is 19.9. The van der Waals surface area contributed by atoms with Crippen molar-refractivity contribution in [1.82, 2.24) is 0 Å². The van der Waals surface area contributed by atoms with Gasteiger partial charge in [0.25, 0.3) is 11.4 Å². The van der Waals surface area contributed by atoms with E-state index in [1.165, 1.54) is 46.7 Å². The van der Waals surface area contributed by atoms with E-state index in [0.29, 0.717) is 18.2 Å². The quantitative estimate of drug-likeness (QED) is 0.0952. The normalized spacial score (nSPS) is 8.95. The van der Waals surface area contributed by atoms with Crippen molar-refractivity contribution in [2.75, 3.05) is 0 Å². The molecule has 0 saturated carbocycles. The smallest absolute Gasteiger partial charge is 0.258 e. The maximum absolute atomic E-state index is 10.9. The largest absolute Gasteiger partial charge is 0.287 e. The molecule has 0 saturated heterocycles. The third-order valence-corrected chi connectivity index (χ3v) is 7.08. The van der Waals surface area contributed by atoms with Gasteiger partial charge in [-0.1, -0.05) is 97.9 Å². The van der Waals surface area contributed by atoms with Gasteiger partial charge < -0.3 is 0 Å². The molecule has 4 aromatic rings. The van der Waals surface area contributed by atoms with Crippen LogP contribution in [0.5, 0.6) is 0 Å². The maximum atomic E-state index is 10.9. The van der Waals surface area contributed by atoms with Crippen molar-refractivity contribution in [3.05, 3.63) is 132 Å². The summed E-state index contributed by atoms with van der Waals surface area (Å²) < 4.78 is 0. The van der Waals surface area contributed by atoms with Crippen LogP contribution >= 0.6 is 110 Å². The van der Waals surface area contributed by atoms with Crippen LogP contribution in [0.4, 0.5) is 11.4 Å². The summed E-state index contributed by atoms with van der Waals surface area (Å²) in [5.74, 6) is 0. The van der Waals surface area contributed by atoms with Gasteiger partial charge in [-0.2, -0.15) is 0 Å². The van der Waals surface area contributed by atoms with Gasteiger partial charge in [0, 0.05) is 59.2 Å². The molecular formula is C30H35ClI5N2O4S2-. The van der Waals surface area contributed by atoms with Crippen molar-refractivity contribution < 1.29 is 23.1 Å². The van der Waals surface area contributed by atoms with E-state index in [0.717, 1.165) is 15.4 Å². The number of para-hydroxylation sites is 2. The van der Waals surface area contributed by atoms with Crippen molar-refractivity contribution in [2.24, 2.45) is 0 Å². The number of nitro benzene ring substituents is 2. The molecule has 0 spiro atoms. The number of hydrogen-bond acceptors (Lipinski definition) is 6. The predicted octanol–water partition coefficient (Wildman–Crippen LogP) is 11.0. The van der Waals surface area contributed by atoms with Gasteiger partial charge >= 0.3 is 50.5 Å². The zero-order valence-electron chi connectivity index (χ0n) is 22.7. The molecule has 0 aliphatic heterocycles. The Bertz CT molecular complexity index is 1440. The number of nitrogens with zero attached hydrogens (tertiary/aromatic N) is 2. The fraction of sp³-hybridized carbons (Fsp3) is 0.200. The molecule has 244 valence electrons. The van der Waals surface area contributed by atoms with Crippen molar-refractivity contribution in [3.8, 4) is 0 Å². The molecule has 44 heavy (non-hydrogen) atoms. The monoisotopic (exact) mass is 1220 g/mol. The van der Waals surface area contributed by atoms with Crippen LogP contribution in [0.3, 0.4) is 0 Å². The second kappa shape index (κ2) is 28.3. The topological polar surface area (TPSA) is 86.3 Å². The molecule has 0 aromatic heterocycles. The van der Waals surface area contributed by atoms with Crippen LogP contribution < -0.4 is 13.3 Å². The molecule has 0 bridgehead atoms. The molecule has 0 fully saturated rings. The number of rotatable bonds is 4. The second-order valence-electron chi connectivity index (χ2n) is 8.15. The third kappa shape index (κ3) is 19.9. The zero-order chi connectivity index (χ0) is 32.2. The van der Waals surface area contributed by atoms with Gasteiger partial charge in [-0.15, -0.1) is 12.6 Å². The number of thiol groups is 1. The molecule has 4 aromatic carbocycles. The summed E-state index contributed by atoms with van der Waals surface area (Å²) in [7, 11) is 0. The van der Waals surface area contributed by atoms with E-state index in [9.17, 15) is 20.2 Å². The molecule has 0 aliphatic carbocycles. The Labute approximate surface area is 329 Å². The Morgan fingerprint density at radius 1 is 0.705 bits per heavy atom. The second-order valence-corrected chi connectivity index (χ2v) is 26.4. The van der Waals surface area contributed by atoms with Crippen molar-refractivity contribution in [1.29, 1.82) is 0 Å². The number of nitro groups is 2. The van der Waals surface area contributed by atoms with Crippen LogP contribution in [0, 0.1) is 47.9 Å². The summed E-state index contributed by atoms with van der Waals surface area (Å²) >= 11 is 20.7. The van der Waals surface area contributed by atoms with Crippen LogP contribution in [0.25, 0.3) is 0 Å². The average molecular weight is 1220 g/mol. The van der Waals surface area contributed by atoms with Gasteiger partial charge in [0.15, 0.2) is 0 Å². The zero-order valence-corrected chi connectivity index (χ0v) is 36.0. The van der Waals surface area contributed by atoms with E-state index in [1.54, 1.807) is 24.3 Å². The van der Waals surface area contributed by atoms with Crippen LogP contribution in [0.2, 0.25) is 5.02 Å². The van der Waals surface area contributed by atoms with Gasteiger partial charge in [-0.3, -0.25) is 20.2 Å². The van der Waals surface area contributed by atoms with Crippen LogP contribution in [0.15, 0.2) is 99.6 Å². The molecule has 4 rings (SSSR count). The van der Waals surface area contributed by atoms with Gasteiger partial charge in [0.2, 0.25) is 0 Å². The van der Waals surface area contributed by atoms with Crippen LogP contribution in [-0.2, 0) is 0 Å². The summed E-state index contributed by atoms with van der Waals surface area (Å²) in [4.78, 5) is 23.0. The summed E-state index contributed by atoms with van der Waals surface area (Å²) in [6.45, 7) is 8.20. The Morgan fingerprint density at radius 3 is 1.55 bits per heavy atom. The fourth-order valence-electron chi connectivity index (χ4n) is 3.13. The average Bonchev–Trinajstić information content (AvgIpc) is 2.95. The van der Waals surface area contributed by atoms with Crippen LogP contribution in [-0.4, -0.2) is 9.85 Å². The minimum absolute atomic E-state index is 0. The van der Waals surface area contributed by atoms with E-state index in [1.807, 2.05) is 38.1 Å². The van der Waals surface area contributed by atoms with Gasteiger partial charge in [-0.25, -0.2) is 0 Å². The first-order valence-electron chi connectivity index (χ1n) is 11.6. The van der Waals surface area contributed by atoms with Crippen molar-refractivity contribution >= 4 is 122 Å². The minimum atomic E-state index is -0.512. The summed E-state index contributed by atoms with van der Waals surface area (Å²) in [6.07, 6.45) is 0. The maximum Gasteiger partial charge on any atom is 0.287 e. The Balaban J connectivity index is -0.000000555. The molecule has 0 heterocycles. The van der Waals surface area contributed by atoms with Gasteiger partial charge in [-0.05, 0) is 63.1 Å². The molecule has 0 amide bonds. The molecule has 14 heteroatoms. The number of hydrogen-bond donors (Lipinski definition) is 1. The van der Waals surface area contributed by atoms with Gasteiger partial charge in [0.1, 0.15) is 5.02 Å². The number of aryl methyl sites for hydroxylation is 4. The Hall–Kier alpha value is 0.320. The Kier molecular flexibility index (Phi) is 31.4. The SMILES string of the molecule is C.C.Cc1ccc(S)c(C)c1.Cc1ccc(Sc2ccccc2[N+](=O)[O-])c(C)c1.II.I[I-]I.O=[N+]([O-])c1ccccc1Cl. The van der Waals surface area contributed by atoms with E-state index in [4.69, 9.17) is 11.6 Å². The van der Waals surface area contributed by atoms with Crippen LogP contribution in [0.1, 0.15) is 37.1 Å². The molecule has 0 aliphatic rings. The summed E-state index contributed by atoms with van der Waals surface area (Å²) in [5.41, 5.74) is 4.98. The predicted molar refractivity (Wildman–Crippen MR) is 224 cm³/mol. The van der Waals surface area contributed by atoms with Gasteiger partial charge in [0.05, 0.1) is 14.7 Å². The minimum Gasteiger partial charge on any atom is -0.258 e. The van der Waals surface area contributed by atoms with Crippen molar-refractivity contribution in [3.63, 3.8) is 0 Å². The molecular weight excluding hydrogens is 1190 g/mol. The summed E-state index contributed by atoms with van der Waals surface area (Å²) in [6, 6.07) is 25.2. The van der Waals surface area contributed by atoms with E-state index >= 15 is 0 Å². The van der Waals surface area contributed by atoms with E-state index in [2.05, 4.69) is 119 Å². The first kappa shape index (κ1) is 48.7. The molecule has 0 atom stereocenters. The summed E-state index contributed by atoms with van der Waals surface area (Å²) in [5, 5.41) is 21.3. The first-order valence-corrected chi connectivity index (χ1v) is 32.1.